The third-order valence-electron chi connectivity index (χ3n) is 6.53. The van der Waals surface area contributed by atoms with Crippen LogP contribution in [0.2, 0.25) is 25.7 Å². The van der Waals surface area contributed by atoms with E-state index in [1.165, 1.54) is 7.11 Å². The van der Waals surface area contributed by atoms with E-state index in [0.29, 0.717) is 0 Å². The number of aliphatic carboxylic acids is 1. The molecule has 0 saturated heterocycles. The first-order valence-corrected chi connectivity index (χ1v) is 19.2. The van der Waals surface area contributed by atoms with Crippen LogP contribution in [0.25, 0.3) is 0 Å². The van der Waals surface area contributed by atoms with E-state index >= 15 is 0 Å². The molecule has 0 heterocycles. The van der Waals surface area contributed by atoms with Crippen LogP contribution in [-0.2, 0) is 41.6 Å². The van der Waals surface area contributed by atoms with E-state index in [9.17, 15) is 29.1 Å². The number of thioether (sulfide) groups is 1. The van der Waals surface area contributed by atoms with E-state index in [-0.39, 0.29) is 25.4 Å². The minimum absolute atomic E-state index is 0.0140. The lowest BCUT2D eigenvalue weighted by Crippen LogP contribution is -2.53. The number of carboxylic acids is 1. The first-order chi connectivity index (χ1) is 21.3. The molecule has 2 aromatic rings. The Morgan fingerprint density at radius 2 is 1.40 bits per heavy atom. The zero-order chi connectivity index (χ0) is 33.4. The summed E-state index contributed by atoms with van der Waals surface area (Å²) in [6, 6.07) is 15.0. The maximum Gasteiger partial charge on any atom is 0.408 e. The summed E-state index contributed by atoms with van der Waals surface area (Å²) in [4.78, 5) is 62.9. The predicted octanol–water partition coefficient (Wildman–Crippen LogP) is 3.82. The highest BCUT2D eigenvalue weighted by Crippen LogP contribution is 2.18. The van der Waals surface area contributed by atoms with Gasteiger partial charge in [-0.1, -0.05) is 87.2 Å². The first kappa shape index (κ1) is 37.1. The number of rotatable bonds is 17. The summed E-state index contributed by atoms with van der Waals surface area (Å²) in [6.45, 7) is 8.23. The second-order valence-corrected chi connectivity index (χ2v) is 18.5. The molecule has 4 atom stereocenters. The number of nitrogens with one attached hydrogen (secondary N) is 3. The largest absolute Gasteiger partial charge is 0.480 e. The molecule has 14 heteroatoms. The Balaban J connectivity index is 2.05. The molecule has 0 aliphatic carbocycles. The molecule has 45 heavy (non-hydrogen) atoms. The van der Waals surface area contributed by atoms with Gasteiger partial charge in [0, 0.05) is 25.5 Å². The molecule has 2 rings (SSSR count). The molecule has 246 valence electrons. The third-order valence-corrected chi connectivity index (χ3v) is 9.56. The summed E-state index contributed by atoms with van der Waals surface area (Å²) >= 11 is 1.04. The molecule has 12 nitrogen and oxygen atoms in total. The van der Waals surface area contributed by atoms with Gasteiger partial charge in [0.05, 0.1) is 13.7 Å². The highest BCUT2D eigenvalue weighted by atomic mass is 32.2. The Hall–Kier alpha value is -4.04. The number of carbonyl (C=O) groups excluding carboxylic acids is 4. The van der Waals surface area contributed by atoms with Crippen LogP contribution < -0.4 is 16.0 Å². The summed E-state index contributed by atoms with van der Waals surface area (Å²) in [5.74, 6) is -2.93. The average molecular weight is 662 g/mol. The molecule has 0 aliphatic heterocycles. The Kier molecular flexibility index (Phi) is 15.4. The minimum Gasteiger partial charge on any atom is -0.480 e. The van der Waals surface area contributed by atoms with Gasteiger partial charge in [-0.3, -0.25) is 4.79 Å². The molecule has 0 aliphatic rings. The van der Waals surface area contributed by atoms with E-state index in [1.807, 2.05) is 12.1 Å². The zero-order valence-corrected chi connectivity index (χ0v) is 28.1. The number of amides is 3. The molecule has 3 amide bonds. The maximum atomic E-state index is 13.3. The second-order valence-electron chi connectivity index (χ2n) is 11.5. The number of carboxylic acid groups (broad SMARTS) is 1. The second kappa shape index (κ2) is 18.7. The van der Waals surface area contributed by atoms with Crippen molar-refractivity contribution in [1.82, 2.24) is 16.0 Å². The number of esters is 1. The van der Waals surface area contributed by atoms with Crippen LogP contribution in [0.15, 0.2) is 60.7 Å². The normalized spacial score (nSPS) is 13.7. The summed E-state index contributed by atoms with van der Waals surface area (Å²) in [5.41, 5.74) is 1.49. The van der Waals surface area contributed by atoms with E-state index in [4.69, 9.17) is 14.2 Å². The fourth-order valence-electron chi connectivity index (χ4n) is 3.87. The number of methoxy groups -OCH3 is 1. The van der Waals surface area contributed by atoms with Crippen molar-refractivity contribution in [3.63, 3.8) is 0 Å². The van der Waals surface area contributed by atoms with Crippen molar-refractivity contribution >= 4 is 49.9 Å². The number of alkyl carbamates (subject to hydrolysis) is 2. The fraction of sp³-hybridized carbons (Fsp3) is 0.452. The Morgan fingerprint density at radius 1 is 0.822 bits per heavy atom. The van der Waals surface area contributed by atoms with Crippen LogP contribution in [0, 0.1) is 0 Å². The Morgan fingerprint density at radius 3 is 1.96 bits per heavy atom. The summed E-state index contributed by atoms with van der Waals surface area (Å²) in [6.07, 6.45) is -1.54. The maximum absolute atomic E-state index is 13.3. The van der Waals surface area contributed by atoms with Gasteiger partial charge in [-0.2, -0.15) is 11.8 Å². The molecule has 0 bridgehead atoms. The van der Waals surface area contributed by atoms with Crippen LogP contribution in [0.4, 0.5) is 9.59 Å². The van der Waals surface area contributed by atoms with Crippen molar-refractivity contribution < 1.29 is 43.3 Å². The number of hydrogen-bond donors (Lipinski definition) is 4. The van der Waals surface area contributed by atoms with E-state index in [1.54, 1.807) is 55.5 Å². The highest BCUT2D eigenvalue weighted by molar-refractivity contribution is 8.00. The van der Waals surface area contributed by atoms with Crippen molar-refractivity contribution in [2.45, 2.75) is 69.0 Å². The lowest BCUT2D eigenvalue weighted by Gasteiger charge is -2.25. The highest BCUT2D eigenvalue weighted by Gasteiger charge is 2.32. The molecule has 0 saturated carbocycles. The molecular weight excluding hydrogens is 619 g/mol. The van der Waals surface area contributed by atoms with Gasteiger partial charge in [-0.05, 0) is 17.2 Å². The molecule has 0 aromatic heterocycles. The van der Waals surface area contributed by atoms with Gasteiger partial charge in [0.15, 0.2) is 0 Å². The van der Waals surface area contributed by atoms with E-state index in [0.717, 1.165) is 28.9 Å². The molecule has 0 fully saturated rings. The Labute approximate surface area is 269 Å². The van der Waals surface area contributed by atoms with Crippen molar-refractivity contribution in [3.8, 4) is 0 Å². The van der Waals surface area contributed by atoms with Crippen LogP contribution in [0.3, 0.4) is 0 Å². The lowest BCUT2D eigenvalue weighted by molar-refractivity contribution is -0.143. The first-order valence-electron chi connectivity index (χ1n) is 14.5. The zero-order valence-electron chi connectivity index (χ0n) is 26.2. The third kappa shape index (κ3) is 14.5. The molecule has 0 spiro atoms. The standard InChI is InChI=1S/C31H43N3O9SSi/c1-21(26(29(38)41-2)34-31(40)42-16-17-45(3,4)5)44-20-25(28(36)37)32-27(35)24(18-22-12-8-6-9-13-22)33-30(39)43-19-23-14-10-7-11-15-23/h6-15,21,24-26H,16-20H2,1-5H3,(H,32,35)(H,33,39)(H,34,40)(H,36,37)/t21-,24-,25-,26+/m0/s1. The topological polar surface area (TPSA) is 169 Å². The minimum atomic E-state index is -1.44. The molecular formula is C31H43N3O9SSi. The predicted molar refractivity (Wildman–Crippen MR) is 174 cm³/mol. The summed E-state index contributed by atoms with van der Waals surface area (Å²) < 4.78 is 15.3. The fourth-order valence-corrected chi connectivity index (χ4v) is 5.68. The average Bonchev–Trinajstić information content (AvgIpc) is 3.00. The molecule has 0 radical (unpaired) electrons. The van der Waals surface area contributed by atoms with Crippen molar-refractivity contribution in [1.29, 1.82) is 0 Å². The van der Waals surface area contributed by atoms with Crippen molar-refractivity contribution in [2.75, 3.05) is 19.5 Å². The van der Waals surface area contributed by atoms with Gasteiger partial charge >= 0.3 is 24.1 Å². The molecule has 2 aromatic carbocycles. The summed E-state index contributed by atoms with van der Waals surface area (Å²) in [7, 11) is -0.267. The van der Waals surface area contributed by atoms with Gasteiger partial charge in [0.2, 0.25) is 5.91 Å². The van der Waals surface area contributed by atoms with Crippen LogP contribution in [0.1, 0.15) is 18.1 Å². The van der Waals surface area contributed by atoms with Gasteiger partial charge in [0.25, 0.3) is 0 Å². The number of benzene rings is 2. The summed E-state index contributed by atoms with van der Waals surface area (Å²) in [5, 5.41) is 16.8. The monoisotopic (exact) mass is 661 g/mol. The Bertz CT molecular complexity index is 1260. The van der Waals surface area contributed by atoms with E-state index in [2.05, 4.69) is 35.6 Å². The number of hydrogen-bond acceptors (Lipinski definition) is 9. The number of carbonyl (C=O) groups is 5. The van der Waals surface area contributed by atoms with Gasteiger partial charge in [0.1, 0.15) is 24.7 Å². The van der Waals surface area contributed by atoms with Crippen molar-refractivity contribution in [3.05, 3.63) is 71.8 Å². The quantitative estimate of drug-likeness (QED) is 0.111. The van der Waals surface area contributed by atoms with Crippen molar-refractivity contribution in [2.24, 2.45) is 0 Å². The van der Waals surface area contributed by atoms with Crippen LogP contribution in [-0.4, -0.2) is 86.1 Å². The number of ether oxygens (including phenoxy) is 3. The van der Waals surface area contributed by atoms with Gasteiger partial charge < -0.3 is 35.3 Å². The van der Waals surface area contributed by atoms with E-state index < -0.39 is 61.5 Å². The van der Waals surface area contributed by atoms with Crippen LogP contribution in [0.5, 0.6) is 0 Å². The van der Waals surface area contributed by atoms with Gasteiger partial charge in [-0.15, -0.1) is 0 Å². The SMILES string of the molecule is COC(=O)[C@H](NC(=O)OCC[Si](C)(C)C)[C@H](C)SC[C@H](NC(=O)[C@H](Cc1ccccc1)NC(=O)OCc1ccccc1)C(=O)O. The molecule has 0 unspecified atom stereocenters. The van der Waals surface area contributed by atoms with Gasteiger partial charge in [-0.25, -0.2) is 19.2 Å². The lowest BCUT2D eigenvalue weighted by atomic mass is 10.1. The van der Waals surface area contributed by atoms with Crippen LogP contribution >= 0.6 is 11.8 Å². The molecule has 4 N–H and O–H groups in total. The smallest absolute Gasteiger partial charge is 0.408 e.